The first-order chi connectivity index (χ1) is 9.49. The number of carbonyl (C=O) groups is 2. The monoisotopic (exact) mass is 282 g/mol. The summed E-state index contributed by atoms with van der Waals surface area (Å²) < 4.78 is 9.69. The van der Waals surface area contributed by atoms with E-state index >= 15 is 0 Å². The van der Waals surface area contributed by atoms with Crippen LogP contribution in [-0.4, -0.2) is 35.4 Å². The molecule has 0 saturated carbocycles. The lowest BCUT2D eigenvalue weighted by molar-refractivity contribution is -0.161. The molecule has 0 aliphatic rings. The molecule has 1 aromatic carbocycles. The van der Waals surface area contributed by atoms with Crippen molar-refractivity contribution in [1.29, 1.82) is 0 Å². The van der Waals surface area contributed by atoms with Crippen molar-refractivity contribution in [3.05, 3.63) is 23.8 Å². The quantitative estimate of drug-likeness (QED) is 0.465. The number of hydrogen-bond acceptors (Lipinski definition) is 6. The third-order valence-electron chi connectivity index (χ3n) is 2.62. The molecule has 0 bridgehead atoms. The molecule has 1 rings (SSSR count). The third-order valence-corrected chi connectivity index (χ3v) is 2.62. The molecule has 0 spiro atoms. The number of phenols is 2. The van der Waals surface area contributed by atoms with E-state index in [1.807, 2.05) is 0 Å². The third kappa shape index (κ3) is 4.15. The summed E-state index contributed by atoms with van der Waals surface area (Å²) in [6, 6.07) is 4.10. The van der Waals surface area contributed by atoms with Gasteiger partial charge < -0.3 is 19.7 Å². The lowest BCUT2D eigenvalue weighted by atomic mass is 9.99. The summed E-state index contributed by atoms with van der Waals surface area (Å²) in [6.07, 6.45) is 0.0332. The van der Waals surface area contributed by atoms with Crippen LogP contribution in [0.4, 0.5) is 0 Å². The molecule has 0 fully saturated rings. The molecule has 0 aliphatic carbocycles. The number of ether oxygens (including phenoxy) is 2. The van der Waals surface area contributed by atoms with Crippen LogP contribution in [-0.2, 0) is 25.5 Å². The second-order valence-electron chi connectivity index (χ2n) is 4.08. The fraction of sp³-hybridized carbons (Fsp3) is 0.429. The summed E-state index contributed by atoms with van der Waals surface area (Å²) in [5.41, 5.74) is 0.520. The largest absolute Gasteiger partial charge is 0.504 e. The first-order valence-electron chi connectivity index (χ1n) is 6.33. The minimum Gasteiger partial charge on any atom is -0.504 e. The number of carbonyl (C=O) groups excluding carboxylic acids is 2. The predicted octanol–water partition coefficient (Wildman–Crippen LogP) is 1.38. The number of benzene rings is 1. The summed E-state index contributed by atoms with van der Waals surface area (Å²) in [5.74, 6) is -3.00. The highest BCUT2D eigenvalue weighted by atomic mass is 16.6. The molecule has 1 aromatic rings. The Kier molecular flexibility index (Phi) is 5.83. The number of aromatic hydroxyl groups is 2. The van der Waals surface area contributed by atoms with Crippen LogP contribution < -0.4 is 0 Å². The molecule has 0 radical (unpaired) electrons. The van der Waals surface area contributed by atoms with Gasteiger partial charge in [-0.15, -0.1) is 0 Å². The van der Waals surface area contributed by atoms with Crippen LogP contribution in [0.2, 0.25) is 0 Å². The molecule has 2 N–H and O–H groups in total. The Hall–Kier alpha value is -2.24. The summed E-state index contributed by atoms with van der Waals surface area (Å²) in [7, 11) is 0. The summed E-state index contributed by atoms with van der Waals surface area (Å²) in [4.78, 5) is 23.6. The van der Waals surface area contributed by atoms with E-state index in [0.717, 1.165) is 0 Å². The average Bonchev–Trinajstić information content (AvgIpc) is 2.40. The molecule has 6 heteroatoms. The minimum absolute atomic E-state index is 0.0332. The van der Waals surface area contributed by atoms with E-state index in [-0.39, 0.29) is 31.1 Å². The minimum atomic E-state index is -1.08. The Labute approximate surface area is 116 Å². The van der Waals surface area contributed by atoms with E-state index in [2.05, 4.69) is 0 Å². The number of rotatable bonds is 6. The van der Waals surface area contributed by atoms with Crippen LogP contribution in [0, 0.1) is 5.92 Å². The van der Waals surface area contributed by atoms with Gasteiger partial charge in [0.05, 0.1) is 13.2 Å². The van der Waals surface area contributed by atoms with Gasteiger partial charge in [0.15, 0.2) is 17.4 Å². The molecule has 20 heavy (non-hydrogen) atoms. The summed E-state index contributed by atoms with van der Waals surface area (Å²) >= 11 is 0. The van der Waals surface area contributed by atoms with Gasteiger partial charge in [-0.25, -0.2) is 0 Å². The topological polar surface area (TPSA) is 93.1 Å². The van der Waals surface area contributed by atoms with Gasteiger partial charge in [0.2, 0.25) is 0 Å². The standard InChI is InChI=1S/C14H18O6/c1-3-19-13(17)10(14(18)20-4-2)7-9-5-6-11(15)12(16)8-9/h5-6,8,10,15-16H,3-4,7H2,1-2H3. The van der Waals surface area contributed by atoms with E-state index in [0.29, 0.717) is 5.56 Å². The summed E-state index contributed by atoms with van der Waals surface area (Å²) in [5, 5.41) is 18.6. The zero-order valence-electron chi connectivity index (χ0n) is 11.5. The zero-order chi connectivity index (χ0) is 15.1. The van der Waals surface area contributed by atoms with Crippen molar-refractivity contribution >= 4 is 11.9 Å². The maximum atomic E-state index is 11.8. The maximum Gasteiger partial charge on any atom is 0.320 e. The maximum absolute atomic E-state index is 11.8. The van der Waals surface area contributed by atoms with E-state index in [1.165, 1.54) is 18.2 Å². The first kappa shape index (κ1) is 15.8. The van der Waals surface area contributed by atoms with Crippen LogP contribution in [0.5, 0.6) is 11.5 Å². The van der Waals surface area contributed by atoms with Gasteiger partial charge in [0.1, 0.15) is 0 Å². The van der Waals surface area contributed by atoms with Crippen molar-refractivity contribution in [2.24, 2.45) is 5.92 Å². The molecule has 0 atom stereocenters. The fourth-order valence-electron chi connectivity index (χ4n) is 1.68. The fourth-order valence-corrected chi connectivity index (χ4v) is 1.68. The van der Waals surface area contributed by atoms with E-state index in [9.17, 15) is 19.8 Å². The molecule has 0 heterocycles. The van der Waals surface area contributed by atoms with E-state index in [1.54, 1.807) is 13.8 Å². The molecule has 0 amide bonds. The van der Waals surface area contributed by atoms with Crippen LogP contribution in [0.1, 0.15) is 19.4 Å². The number of phenolic OH excluding ortho intramolecular Hbond substituents is 2. The lowest BCUT2D eigenvalue weighted by Gasteiger charge is -2.14. The van der Waals surface area contributed by atoms with Gasteiger partial charge in [0, 0.05) is 0 Å². The highest BCUT2D eigenvalue weighted by Crippen LogP contribution is 2.26. The zero-order valence-corrected chi connectivity index (χ0v) is 11.5. The Bertz CT molecular complexity index is 465. The van der Waals surface area contributed by atoms with E-state index < -0.39 is 17.9 Å². The normalized spacial score (nSPS) is 10.3. The Morgan fingerprint density at radius 3 is 2.05 bits per heavy atom. The highest BCUT2D eigenvalue weighted by molar-refractivity contribution is 5.95. The van der Waals surface area contributed by atoms with Crippen molar-refractivity contribution in [1.82, 2.24) is 0 Å². The Balaban J connectivity index is 2.90. The molecule has 6 nitrogen and oxygen atoms in total. The van der Waals surface area contributed by atoms with Gasteiger partial charge in [0.25, 0.3) is 0 Å². The first-order valence-corrected chi connectivity index (χ1v) is 6.33. The molecule has 0 saturated heterocycles. The van der Waals surface area contributed by atoms with Gasteiger partial charge in [-0.3, -0.25) is 9.59 Å². The number of esters is 2. The molecular formula is C14H18O6. The number of hydrogen-bond donors (Lipinski definition) is 2. The molecule has 0 aromatic heterocycles. The average molecular weight is 282 g/mol. The molecule has 0 aliphatic heterocycles. The van der Waals surface area contributed by atoms with Gasteiger partial charge >= 0.3 is 11.9 Å². The van der Waals surface area contributed by atoms with Crippen LogP contribution in [0.25, 0.3) is 0 Å². The highest BCUT2D eigenvalue weighted by Gasteiger charge is 2.29. The summed E-state index contributed by atoms with van der Waals surface area (Å²) in [6.45, 7) is 3.62. The van der Waals surface area contributed by atoms with Crippen molar-refractivity contribution in [3.63, 3.8) is 0 Å². The van der Waals surface area contributed by atoms with Crippen LogP contribution in [0.15, 0.2) is 18.2 Å². The van der Waals surface area contributed by atoms with Crippen LogP contribution in [0.3, 0.4) is 0 Å². The van der Waals surface area contributed by atoms with E-state index in [4.69, 9.17) is 9.47 Å². The smallest absolute Gasteiger partial charge is 0.320 e. The molecular weight excluding hydrogens is 264 g/mol. The van der Waals surface area contributed by atoms with Crippen molar-refractivity contribution in [2.75, 3.05) is 13.2 Å². The second kappa shape index (κ2) is 7.37. The van der Waals surface area contributed by atoms with Gasteiger partial charge in [-0.05, 0) is 38.0 Å². The Morgan fingerprint density at radius 2 is 1.60 bits per heavy atom. The second-order valence-corrected chi connectivity index (χ2v) is 4.08. The van der Waals surface area contributed by atoms with Crippen molar-refractivity contribution in [3.8, 4) is 11.5 Å². The lowest BCUT2D eigenvalue weighted by Crippen LogP contribution is -2.30. The van der Waals surface area contributed by atoms with Gasteiger partial charge in [-0.2, -0.15) is 0 Å². The van der Waals surface area contributed by atoms with Gasteiger partial charge in [-0.1, -0.05) is 6.07 Å². The van der Waals surface area contributed by atoms with Crippen molar-refractivity contribution < 1.29 is 29.3 Å². The van der Waals surface area contributed by atoms with Crippen LogP contribution >= 0.6 is 0 Å². The molecule has 110 valence electrons. The SMILES string of the molecule is CCOC(=O)C(Cc1ccc(O)c(O)c1)C(=O)OCC. The Morgan fingerprint density at radius 1 is 1.05 bits per heavy atom. The predicted molar refractivity (Wildman–Crippen MR) is 70.2 cm³/mol. The molecule has 0 unspecified atom stereocenters. The van der Waals surface area contributed by atoms with Crippen molar-refractivity contribution in [2.45, 2.75) is 20.3 Å².